The zero-order chi connectivity index (χ0) is 13.8. The van der Waals surface area contributed by atoms with Crippen molar-refractivity contribution in [3.8, 4) is 5.75 Å². The van der Waals surface area contributed by atoms with Gasteiger partial charge in [0.25, 0.3) is 5.91 Å². The van der Waals surface area contributed by atoms with E-state index in [2.05, 4.69) is 5.32 Å². The molecule has 0 spiro atoms. The highest BCUT2D eigenvalue weighted by molar-refractivity contribution is 6.32. The van der Waals surface area contributed by atoms with Crippen LogP contribution >= 0.6 is 23.2 Å². The van der Waals surface area contributed by atoms with E-state index in [1.54, 1.807) is 0 Å². The number of aromatic hydroxyl groups is 1. The minimum absolute atomic E-state index is 0.0350. The van der Waals surface area contributed by atoms with Crippen LogP contribution in [-0.4, -0.2) is 22.4 Å². The first-order valence-electron chi connectivity index (χ1n) is 5.79. The first-order chi connectivity index (χ1) is 8.41. The summed E-state index contributed by atoms with van der Waals surface area (Å²) in [7, 11) is 0. The minimum Gasteiger partial charge on any atom is -0.506 e. The SMILES string of the molecule is CCC(C)(CCCl)NC(=O)c1ccc(O)c(Cl)c1. The molecular weight excluding hydrogens is 273 g/mol. The number of amides is 1. The lowest BCUT2D eigenvalue weighted by molar-refractivity contribution is 0.0901. The highest BCUT2D eigenvalue weighted by Crippen LogP contribution is 2.24. The summed E-state index contributed by atoms with van der Waals surface area (Å²) in [6, 6.07) is 4.39. The average Bonchev–Trinajstić information content (AvgIpc) is 2.32. The normalized spacial score (nSPS) is 14.0. The Morgan fingerprint density at radius 1 is 1.50 bits per heavy atom. The second kappa shape index (κ2) is 6.30. The third-order valence-electron chi connectivity index (χ3n) is 3.05. The summed E-state index contributed by atoms with van der Waals surface area (Å²) in [6.45, 7) is 3.95. The van der Waals surface area contributed by atoms with Gasteiger partial charge in [-0.15, -0.1) is 11.6 Å². The van der Waals surface area contributed by atoms with Crippen molar-refractivity contribution < 1.29 is 9.90 Å². The van der Waals surface area contributed by atoms with Gasteiger partial charge in [0.1, 0.15) is 5.75 Å². The van der Waals surface area contributed by atoms with Gasteiger partial charge in [-0.2, -0.15) is 0 Å². The molecule has 0 aliphatic heterocycles. The van der Waals surface area contributed by atoms with Crippen LogP contribution in [0.1, 0.15) is 37.0 Å². The molecule has 2 N–H and O–H groups in total. The van der Waals surface area contributed by atoms with Crippen molar-refractivity contribution in [3.63, 3.8) is 0 Å². The number of nitrogens with one attached hydrogen (secondary N) is 1. The van der Waals surface area contributed by atoms with Gasteiger partial charge in [0.2, 0.25) is 0 Å². The van der Waals surface area contributed by atoms with Crippen LogP contribution in [0.2, 0.25) is 5.02 Å². The number of carbonyl (C=O) groups is 1. The zero-order valence-corrected chi connectivity index (χ0v) is 12.0. The fraction of sp³-hybridized carbons (Fsp3) is 0.462. The van der Waals surface area contributed by atoms with Crippen LogP contribution in [0.25, 0.3) is 0 Å². The molecule has 0 aromatic heterocycles. The van der Waals surface area contributed by atoms with E-state index in [4.69, 9.17) is 23.2 Å². The highest BCUT2D eigenvalue weighted by Gasteiger charge is 2.24. The quantitative estimate of drug-likeness (QED) is 0.814. The molecule has 1 amide bonds. The number of hydrogen-bond acceptors (Lipinski definition) is 2. The Labute approximate surface area is 117 Å². The predicted octanol–water partition coefficient (Wildman–Crippen LogP) is 3.57. The van der Waals surface area contributed by atoms with E-state index in [1.807, 2.05) is 13.8 Å². The van der Waals surface area contributed by atoms with Gasteiger partial charge in [0.05, 0.1) is 5.02 Å². The van der Waals surface area contributed by atoms with Gasteiger partial charge in [-0.3, -0.25) is 4.79 Å². The zero-order valence-electron chi connectivity index (χ0n) is 10.5. The number of alkyl halides is 1. The number of hydrogen-bond donors (Lipinski definition) is 2. The van der Waals surface area contributed by atoms with Crippen molar-refractivity contribution in [3.05, 3.63) is 28.8 Å². The largest absolute Gasteiger partial charge is 0.506 e. The number of benzene rings is 1. The van der Waals surface area contributed by atoms with E-state index in [1.165, 1.54) is 18.2 Å². The third-order valence-corrected chi connectivity index (χ3v) is 3.54. The number of carbonyl (C=O) groups excluding carboxylic acids is 1. The molecule has 1 unspecified atom stereocenters. The van der Waals surface area contributed by atoms with E-state index < -0.39 is 0 Å². The van der Waals surface area contributed by atoms with Gasteiger partial charge in [-0.05, 0) is 38.0 Å². The topological polar surface area (TPSA) is 49.3 Å². The lowest BCUT2D eigenvalue weighted by Gasteiger charge is -2.29. The van der Waals surface area contributed by atoms with E-state index in [9.17, 15) is 9.90 Å². The molecule has 3 nitrogen and oxygen atoms in total. The van der Waals surface area contributed by atoms with Crippen molar-refractivity contribution in [2.75, 3.05) is 5.88 Å². The molecule has 100 valence electrons. The maximum atomic E-state index is 12.1. The van der Waals surface area contributed by atoms with Gasteiger partial charge in [0.15, 0.2) is 0 Å². The Hall–Kier alpha value is -0.930. The standard InChI is InChI=1S/C13H17Cl2NO2/c1-3-13(2,6-7-14)16-12(18)9-4-5-11(17)10(15)8-9/h4-5,8,17H,3,6-7H2,1-2H3,(H,16,18). The second-order valence-electron chi connectivity index (χ2n) is 4.47. The molecule has 0 fully saturated rings. The van der Waals surface area contributed by atoms with Gasteiger partial charge >= 0.3 is 0 Å². The predicted molar refractivity (Wildman–Crippen MR) is 74.6 cm³/mol. The van der Waals surface area contributed by atoms with E-state index in [0.29, 0.717) is 17.9 Å². The van der Waals surface area contributed by atoms with Crippen molar-refractivity contribution in [2.24, 2.45) is 0 Å². The minimum atomic E-state index is -0.330. The van der Waals surface area contributed by atoms with E-state index in [0.717, 1.165) is 6.42 Å². The van der Waals surface area contributed by atoms with Crippen molar-refractivity contribution in [2.45, 2.75) is 32.2 Å². The van der Waals surface area contributed by atoms with Gasteiger partial charge < -0.3 is 10.4 Å². The Morgan fingerprint density at radius 2 is 2.17 bits per heavy atom. The van der Waals surface area contributed by atoms with Crippen molar-refractivity contribution >= 4 is 29.1 Å². The average molecular weight is 290 g/mol. The summed E-state index contributed by atoms with van der Waals surface area (Å²) < 4.78 is 0. The fourth-order valence-electron chi connectivity index (χ4n) is 1.53. The Morgan fingerprint density at radius 3 is 2.67 bits per heavy atom. The molecule has 0 radical (unpaired) electrons. The molecule has 18 heavy (non-hydrogen) atoms. The Bertz CT molecular complexity index is 437. The molecule has 1 aromatic carbocycles. The summed E-state index contributed by atoms with van der Waals surface area (Å²) in [4.78, 5) is 12.1. The molecule has 1 atom stereocenters. The summed E-state index contributed by atoms with van der Waals surface area (Å²) >= 11 is 11.5. The molecule has 1 rings (SSSR count). The molecule has 0 saturated heterocycles. The number of phenols is 1. The number of phenolic OH excluding ortho intramolecular Hbond substituents is 1. The van der Waals surface area contributed by atoms with Crippen LogP contribution in [0.3, 0.4) is 0 Å². The van der Waals surface area contributed by atoms with Crippen LogP contribution < -0.4 is 5.32 Å². The summed E-state index contributed by atoms with van der Waals surface area (Å²) in [5, 5.41) is 12.4. The molecule has 0 heterocycles. The van der Waals surface area contributed by atoms with Gasteiger partial charge in [0, 0.05) is 17.0 Å². The molecule has 1 aromatic rings. The van der Waals surface area contributed by atoms with Gasteiger partial charge in [-0.1, -0.05) is 18.5 Å². The van der Waals surface area contributed by atoms with Crippen molar-refractivity contribution in [1.29, 1.82) is 0 Å². The van der Waals surface area contributed by atoms with Gasteiger partial charge in [-0.25, -0.2) is 0 Å². The summed E-state index contributed by atoms with van der Waals surface area (Å²) in [6.07, 6.45) is 1.49. The monoisotopic (exact) mass is 289 g/mol. The summed E-state index contributed by atoms with van der Waals surface area (Å²) in [5.74, 6) is 0.236. The van der Waals surface area contributed by atoms with Crippen LogP contribution in [-0.2, 0) is 0 Å². The number of halogens is 2. The van der Waals surface area contributed by atoms with Crippen LogP contribution in [0.4, 0.5) is 0 Å². The molecule has 0 aliphatic rings. The Kier molecular flexibility index (Phi) is 5.29. The maximum Gasteiger partial charge on any atom is 0.251 e. The maximum absolute atomic E-state index is 12.1. The van der Waals surface area contributed by atoms with Crippen LogP contribution in [0, 0.1) is 0 Å². The number of rotatable bonds is 5. The molecule has 5 heteroatoms. The van der Waals surface area contributed by atoms with E-state index >= 15 is 0 Å². The molecule has 0 aliphatic carbocycles. The van der Waals surface area contributed by atoms with Crippen molar-refractivity contribution in [1.82, 2.24) is 5.32 Å². The summed E-state index contributed by atoms with van der Waals surface area (Å²) in [5.41, 5.74) is 0.0930. The first-order valence-corrected chi connectivity index (χ1v) is 6.70. The molecule has 0 saturated carbocycles. The van der Waals surface area contributed by atoms with Crippen LogP contribution in [0.15, 0.2) is 18.2 Å². The lowest BCUT2D eigenvalue weighted by Crippen LogP contribution is -2.45. The van der Waals surface area contributed by atoms with Crippen LogP contribution in [0.5, 0.6) is 5.75 Å². The highest BCUT2D eigenvalue weighted by atomic mass is 35.5. The van der Waals surface area contributed by atoms with E-state index in [-0.39, 0.29) is 22.2 Å². The lowest BCUT2D eigenvalue weighted by atomic mass is 9.95. The fourth-order valence-corrected chi connectivity index (χ4v) is 2.13. The smallest absolute Gasteiger partial charge is 0.251 e. The first kappa shape index (κ1) is 15.1. The Balaban J connectivity index is 2.84. The molecular formula is C13H17Cl2NO2. The molecule has 0 bridgehead atoms. The third kappa shape index (κ3) is 3.79. The second-order valence-corrected chi connectivity index (χ2v) is 5.26.